The zero-order valence-corrected chi connectivity index (χ0v) is 66.6. The summed E-state index contributed by atoms with van der Waals surface area (Å²) >= 11 is 0. The van der Waals surface area contributed by atoms with E-state index in [1.54, 1.807) is 0 Å². The number of carboxylic acids is 1. The molecule has 2 unspecified atom stereocenters. The van der Waals surface area contributed by atoms with Crippen molar-refractivity contribution in [1.82, 2.24) is 0 Å². The standard InChI is InChI=1S/C94H153NO8/c1-6-8-10-12-14-16-18-20-22-24-26-28-30-32-34-36-38-40-42-44-46-48-50-52-54-56-58-60-62-64-66-68-70-72-74-76-78-80-82-84-91(96)101-88-90(89-102-94(93(98)99)100-87-86-95(3,4)5)103-92(97)85-83-81-79-77-75-73-71-69-67-65-63-61-59-57-55-53-51-49-47-45-43-41-39-37-35-33-31-29-27-25-23-21-19-17-15-13-11-9-7-2/h8-11,14-17,20-23,26-29,32-35,38-41,45,47,51,53,57,59,63,65,90,94H,6-7,12-13,18-19,24-25,30-31,36-37,42-44,46,48-50,52,54-56,58,60-62,64,66-89H2,1-5H3/b10-8-,11-9-,16-14-,17-15-,22-20-,23-21-,28-26-,29-27-,34-32-,35-33-,40-38-,41-39-,47-45-,53-51-,59-57-,65-63-. The van der Waals surface area contributed by atoms with Crippen molar-refractivity contribution in [2.24, 2.45) is 0 Å². The molecule has 0 saturated heterocycles. The van der Waals surface area contributed by atoms with Crippen molar-refractivity contribution in [2.45, 2.75) is 334 Å². The number of hydrogen-bond donors (Lipinski definition) is 0. The number of nitrogens with zero attached hydrogens (tertiary/aromatic N) is 1. The predicted octanol–water partition coefficient (Wildman–Crippen LogP) is 25.9. The van der Waals surface area contributed by atoms with Gasteiger partial charge in [-0.2, -0.15) is 0 Å². The molecule has 0 aromatic carbocycles. The van der Waals surface area contributed by atoms with Gasteiger partial charge in [0.2, 0.25) is 0 Å². The van der Waals surface area contributed by atoms with Gasteiger partial charge in [0.05, 0.1) is 40.3 Å². The summed E-state index contributed by atoms with van der Waals surface area (Å²) in [5.74, 6) is -2.30. The molecule has 0 fully saturated rings. The molecule has 0 bridgehead atoms. The number of carboxylic acid groups (broad SMARTS) is 1. The predicted molar refractivity (Wildman–Crippen MR) is 444 cm³/mol. The van der Waals surface area contributed by atoms with Crippen molar-refractivity contribution in [2.75, 3.05) is 47.5 Å². The molecule has 0 aromatic rings. The number of aliphatic carboxylic acids is 1. The van der Waals surface area contributed by atoms with E-state index in [0.29, 0.717) is 17.4 Å². The lowest BCUT2D eigenvalue weighted by Crippen LogP contribution is -2.44. The number of ether oxygens (including phenoxy) is 4. The van der Waals surface area contributed by atoms with Gasteiger partial charge in [-0.3, -0.25) is 9.59 Å². The Morgan fingerprint density at radius 3 is 0.777 bits per heavy atom. The van der Waals surface area contributed by atoms with Gasteiger partial charge in [-0.1, -0.05) is 362 Å². The van der Waals surface area contributed by atoms with E-state index >= 15 is 0 Å². The van der Waals surface area contributed by atoms with E-state index < -0.39 is 24.3 Å². The first-order valence-electron chi connectivity index (χ1n) is 41.6. The Kier molecular flexibility index (Phi) is 77.1. The van der Waals surface area contributed by atoms with Crippen molar-refractivity contribution in [1.29, 1.82) is 0 Å². The Balaban J connectivity index is 4.08. The molecule has 0 spiro atoms. The Morgan fingerprint density at radius 2 is 0.524 bits per heavy atom. The molecule has 0 aliphatic carbocycles. The normalized spacial score (nSPS) is 13.7. The van der Waals surface area contributed by atoms with Crippen LogP contribution < -0.4 is 5.11 Å². The summed E-state index contributed by atoms with van der Waals surface area (Å²) in [6.45, 7) is 4.52. The summed E-state index contributed by atoms with van der Waals surface area (Å²) < 4.78 is 22.9. The fraction of sp³-hybridized carbons (Fsp3) is 0.628. The molecule has 0 aliphatic rings. The van der Waals surface area contributed by atoms with Gasteiger partial charge in [-0.15, -0.1) is 0 Å². The van der Waals surface area contributed by atoms with E-state index in [1.807, 2.05) is 21.1 Å². The van der Waals surface area contributed by atoms with Crippen LogP contribution in [-0.4, -0.2) is 82.3 Å². The van der Waals surface area contributed by atoms with Crippen LogP contribution in [0.1, 0.15) is 322 Å². The number of esters is 2. The lowest BCUT2D eigenvalue weighted by molar-refractivity contribution is -0.870. The number of hydrogen-bond acceptors (Lipinski definition) is 8. The third kappa shape index (κ3) is 83.3. The molecule has 9 heteroatoms. The average molecular weight is 1430 g/mol. The molecule has 9 nitrogen and oxygen atoms in total. The van der Waals surface area contributed by atoms with Crippen LogP contribution in [0.25, 0.3) is 0 Å². The van der Waals surface area contributed by atoms with Crippen LogP contribution in [-0.2, 0) is 33.3 Å². The fourth-order valence-electron chi connectivity index (χ4n) is 11.1. The second kappa shape index (κ2) is 81.8. The third-order valence-electron chi connectivity index (χ3n) is 17.3. The number of carbonyl (C=O) groups excluding carboxylic acids is 3. The maximum Gasteiger partial charge on any atom is 0.306 e. The van der Waals surface area contributed by atoms with Gasteiger partial charge >= 0.3 is 11.9 Å². The fourth-order valence-corrected chi connectivity index (χ4v) is 11.1. The highest BCUT2D eigenvalue weighted by atomic mass is 16.7. The van der Waals surface area contributed by atoms with Crippen LogP contribution in [0.15, 0.2) is 194 Å². The SMILES string of the molecule is CC/C=C\C/C=C\C/C=C\C/C=C\C/C=C\C/C=C\C/C=C\C/C=C\C/C=C\C/C=C\CCCCCCCCCCC(=O)OC(COC(=O)CCCCCCCCCCCCCCCCCCCCCC/C=C\C/C=C\C/C=C\C/C=C\C/C=C\C/C=C\CC)COC(OCC[N+](C)(C)C)C(=O)[O-]. The average Bonchev–Trinajstić information content (AvgIpc) is 0.985. The lowest BCUT2D eigenvalue weighted by Gasteiger charge is -2.26. The van der Waals surface area contributed by atoms with E-state index in [4.69, 9.17) is 18.9 Å². The molecule has 0 N–H and O–H groups in total. The van der Waals surface area contributed by atoms with Gasteiger partial charge in [0, 0.05) is 12.8 Å². The Labute approximate surface area is 633 Å². The van der Waals surface area contributed by atoms with Crippen molar-refractivity contribution >= 4 is 17.9 Å². The van der Waals surface area contributed by atoms with Gasteiger partial charge in [-0.05, 0) is 141 Å². The maximum absolute atomic E-state index is 13.0. The molecule has 0 aromatic heterocycles. The summed E-state index contributed by atoms with van der Waals surface area (Å²) in [6.07, 6.45) is 123. The summed E-state index contributed by atoms with van der Waals surface area (Å²) in [7, 11) is 5.93. The van der Waals surface area contributed by atoms with Gasteiger partial charge in [0.1, 0.15) is 13.2 Å². The summed E-state index contributed by atoms with van der Waals surface area (Å²) in [4.78, 5) is 37.7. The second-order valence-electron chi connectivity index (χ2n) is 28.3. The molecule has 0 saturated carbocycles. The molecule has 103 heavy (non-hydrogen) atoms. The van der Waals surface area contributed by atoms with Gasteiger partial charge in [0.25, 0.3) is 0 Å². The number of allylic oxidation sites excluding steroid dienone is 32. The van der Waals surface area contributed by atoms with Crippen molar-refractivity contribution in [3.8, 4) is 0 Å². The van der Waals surface area contributed by atoms with E-state index in [0.717, 1.165) is 148 Å². The highest BCUT2D eigenvalue weighted by molar-refractivity contribution is 5.70. The first-order valence-corrected chi connectivity index (χ1v) is 41.6. The highest BCUT2D eigenvalue weighted by Gasteiger charge is 2.22. The first-order chi connectivity index (χ1) is 50.6. The molecule has 2 atom stereocenters. The van der Waals surface area contributed by atoms with Crippen LogP contribution >= 0.6 is 0 Å². The van der Waals surface area contributed by atoms with Crippen LogP contribution in [0, 0.1) is 0 Å². The van der Waals surface area contributed by atoms with E-state index in [1.165, 1.54) is 141 Å². The highest BCUT2D eigenvalue weighted by Crippen LogP contribution is 2.18. The van der Waals surface area contributed by atoms with Crippen molar-refractivity contribution in [3.63, 3.8) is 0 Å². The molecule has 0 amide bonds. The number of rotatable bonds is 75. The van der Waals surface area contributed by atoms with E-state index in [-0.39, 0.29) is 38.6 Å². The molecular formula is C94H153NO8. The second-order valence-corrected chi connectivity index (χ2v) is 28.3. The molecule has 582 valence electrons. The quantitative estimate of drug-likeness (QED) is 0.0195. The summed E-state index contributed by atoms with van der Waals surface area (Å²) in [6, 6.07) is 0. The van der Waals surface area contributed by atoms with E-state index in [2.05, 4.69) is 208 Å². The molecule has 0 rings (SSSR count). The number of likely N-dealkylation sites (N-methyl/N-ethyl adjacent to an activating group) is 1. The monoisotopic (exact) mass is 1420 g/mol. The zero-order chi connectivity index (χ0) is 74.6. The summed E-state index contributed by atoms with van der Waals surface area (Å²) in [5.41, 5.74) is 0. The molecule has 0 heterocycles. The van der Waals surface area contributed by atoms with Gasteiger partial charge in [-0.25, -0.2) is 0 Å². The topological polar surface area (TPSA) is 111 Å². The van der Waals surface area contributed by atoms with Crippen LogP contribution in [0.3, 0.4) is 0 Å². The molecule has 0 radical (unpaired) electrons. The van der Waals surface area contributed by atoms with Crippen LogP contribution in [0.4, 0.5) is 0 Å². The number of carbonyl (C=O) groups is 3. The summed E-state index contributed by atoms with van der Waals surface area (Å²) in [5, 5.41) is 11.9. The van der Waals surface area contributed by atoms with Crippen LogP contribution in [0.2, 0.25) is 0 Å². The maximum atomic E-state index is 13.0. The minimum atomic E-state index is -1.64. The lowest BCUT2D eigenvalue weighted by atomic mass is 10.0. The molecular weight excluding hydrogens is 1270 g/mol. The van der Waals surface area contributed by atoms with Crippen LogP contribution in [0.5, 0.6) is 0 Å². The Hall–Kier alpha value is -5.87. The Morgan fingerprint density at radius 1 is 0.291 bits per heavy atom. The number of unbranched alkanes of at least 4 members (excludes halogenated alkanes) is 28. The molecule has 0 aliphatic heterocycles. The van der Waals surface area contributed by atoms with Crippen molar-refractivity contribution in [3.05, 3.63) is 194 Å². The van der Waals surface area contributed by atoms with E-state index in [9.17, 15) is 19.5 Å². The largest absolute Gasteiger partial charge is 0.545 e. The number of quaternary nitrogens is 1. The third-order valence-corrected chi connectivity index (χ3v) is 17.3. The Bertz CT molecular complexity index is 2410. The zero-order valence-electron chi connectivity index (χ0n) is 66.6. The van der Waals surface area contributed by atoms with Gasteiger partial charge < -0.3 is 33.3 Å². The first kappa shape index (κ1) is 97.1. The minimum Gasteiger partial charge on any atom is -0.545 e. The minimum absolute atomic E-state index is 0.138. The smallest absolute Gasteiger partial charge is 0.306 e. The van der Waals surface area contributed by atoms with Gasteiger partial charge in [0.15, 0.2) is 12.4 Å². The van der Waals surface area contributed by atoms with Crippen molar-refractivity contribution < 1.29 is 42.9 Å².